The first-order chi connectivity index (χ1) is 14.0. The monoisotopic (exact) mass is 457 g/mol. The summed E-state index contributed by atoms with van der Waals surface area (Å²) in [7, 11) is 0. The fourth-order valence-electron chi connectivity index (χ4n) is 4.39. The summed E-state index contributed by atoms with van der Waals surface area (Å²) in [5, 5.41) is 10.9. The Morgan fingerprint density at radius 3 is 2.79 bits per heavy atom. The predicted octanol–water partition coefficient (Wildman–Crippen LogP) is 5.16. The summed E-state index contributed by atoms with van der Waals surface area (Å²) in [6.07, 6.45) is 6.09. The van der Waals surface area contributed by atoms with E-state index in [1.165, 1.54) is 11.1 Å². The van der Waals surface area contributed by atoms with E-state index in [4.69, 9.17) is 4.74 Å². The van der Waals surface area contributed by atoms with Crippen LogP contribution in [0.3, 0.4) is 0 Å². The van der Waals surface area contributed by atoms with Crippen LogP contribution in [0, 0.1) is 6.92 Å². The first kappa shape index (κ1) is 20.4. The number of hydrogen-bond donors (Lipinski definition) is 1. The van der Waals surface area contributed by atoms with Crippen LogP contribution in [0.15, 0.2) is 34.8 Å². The zero-order valence-corrected chi connectivity index (χ0v) is 18.5. The first-order valence-electron chi connectivity index (χ1n) is 10.5. The molecule has 29 heavy (non-hydrogen) atoms. The Bertz CT molecular complexity index is 905. The van der Waals surface area contributed by atoms with Crippen LogP contribution in [0.1, 0.15) is 58.3 Å². The number of aromatic hydroxyl groups is 1. The fraction of sp³-hybridized carbons (Fsp3) is 0.458. The van der Waals surface area contributed by atoms with E-state index in [0.717, 1.165) is 60.7 Å². The molecule has 0 radical (unpaired) electrons. The molecule has 1 aliphatic heterocycles. The Morgan fingerprint density at radius 2 is 2.03 bits per heavy atom. The Morgan fingerprint density at radius 1 is 1.21 bits per heavy atom. The molecule has 1 saturated heterocycles. The molecule has 2 aliphatic rings. The first-order valence-corrected chi connectivity index (χ1v) is 11.3. The number of phenolic OH excluding ortho intramolecular Hbond substituents is 1. The van der Waals surface area contributed by atoms with Gasteiger partial charge in [-0.1, -0.05) is 34.1 Å². The molecule has 154 valence electrons. The zero-order valence-electron chi connectivity index (χ0n) is 16.9. The number of phenols is 1. The number of fused-ring (bicyclic) bond motifs is 1. The molecule has 0 bridgehead atoms. The molecule has 0 saturated carbocycles. The maximum absolute atomic E-state index is 13.5. The summed E-state index contributed by atoms with van der Waals surface area (Å²) in [5.74, 6) is 0.0476. The van der Waals surface area contributed by atoms with E-state index in [0.29, 0.717) is 18.7 Å². The number of carbonyl (C=O) groups is 1. The topological polar surface area (TPSA) is 49.8 Å². The van der Waals surface area contributed by atoms with Gasteiger partial charge in [0, 0.05) is 24.2 Å². The van der Waals surface area contributed by atoms with Crippen LogP contribution < -0.4 is 0 Å². The van der Waals surface area contributed by atoms with Gasteiger partial charge in [0.25, 0.3) is 5.91 Å². The van der Waals surface area contributed by atoms with Crippen LogP contribution in [0.5, 0.6) is 5.75 Å². The van der Waals surface area contributed by atoms with Gasteiger partial charge in [-0.2, -0.15) is 0 Å². The molecule has 2 aromatic carbocycles. The zero-order chi connectivity index (χ0) is 20.4. The quantitative estimate of drug-likeness (QED) is 0.673. The highest BCUT2D eigenvalue weighted by Gasteiger charge is 2.27. The van der Waals surface area contributed by atoms with Crippen LogP contribution in [0.25, 0.3) is 0 Å². The number of aryl methyl sites for hydroxylation is 2. The Balaban J connectivity index is 1.63. The van der Waals surface area contributed by atoms with E-state index in [1.807, 2.05) is 11.0 Å². The maximum Gasteiger partial charge on any atom is 0.258 e. The summed E-state index contributed by atoms with van der Waals surface area (Å²) >= 11 is 3.64. The molecule has 4 nitrogen and oxygen atoms in total. The molecule has 1 atom stereocenters. The largest absolute Gasteiger partial charge is 0.507 e. The molecule has 1 heterocycles. The van der Waals surface area contributed by atoms with E-state index in [1.54, 1.807) is 6.07 Å². The molecule has 2 aromatic rings. The number of hydrogen-bond acceptors (Lipinski definition) is 3. The Kier molecular flexibility index (Phi) is 6.26. The molecule has 0 spiro atoms. The van der Waals surface area contributed by atoms with E-state index in [2.05, 4.69) is 41.1 Å². The van der Waals surface area contributed by atoms with Gasteiger partial charge < -0.3 is 14.7 Å². The average Bonchev–Trinajstić information content (AvgIpc) is 3.22. The third kappa shape index (κ3) is 4.51. The number of benzene rings is 2. The summed E-state index contributed by atoms with van der Waals surface area (Å²) in [6.45, 7) is 3.83. The minimum absolute atomic E-state index is 0.0583. The van der Waals surface area contributed by atoms with Crippen molar-refractivity contribution in [3.8, 4) is 5.75 Å². The predicted molar refractivity (Wildman–Crippen MR) is 117 cm³/mol. The van der Waals surface area contributed by atoms with Gasteiger partial charge in [0.1, 0.15) is 5.75 Å². The lowest BCUT2D eigenvalue weighted by molar-refractivity contribution is 0.0504. The number of carbonyl (C=O) groups excluding carboxylic acids is 1. The minimum Gasteiger partial charge on any atom is -0.507 e. The van der Waals surface area contributed by atoms with E-state index in [9.17, 15) is 9.90 Å². The van der Waals surface area contributed by atoms with Crippen molar-refractivity contribution < 1.29 is 14.6 Å². The average molecular weight is 458 g/mol. The lowest BCUT2D eigenvalue weighted by atomic mass is 9.89. The van der Waals surface area contributed by atoms with Crippen molar-refractivity contribution in [3.63, 3.8) is 0 Å². The van der Waals surface area contributed by atoms with Crippen molar-refractivity contribution in [2.75, 3.05) is 13.2 Å². The number of rotatable bonds is 5. The second-order valence-corrected chi connectivity index (χ2v) is 9.08. The van der Waals surface area contributed by atoms with E-state index < -0.39 is 0 Å². The van der Waals surface area contributed by atoms with Gasteiger partial charge in [0.05, 0.1) is 11.7 Å². The lowest BCUT2D eigenvalue weighted by Gasteiger charge is -2.27. The van der Waals surface area contributed by atoms with Crippen LogP contribution >= 0.6 is 15.9 Å². The standard InChI is InChI=1S/C24H28BrNO3/c1-16-8-9-18(22(25)13-16)14-26(15-19-6-4-12-29-19)24(28)21-11-10-17-5-2-3-7-20(17)23(21)27/h8-11,13,19,27H,2-7,12,14-15H2,1H3. The van der Waals surface area contributed by atoms with Gasteiger partial charge in [-0.15, -0.1) is 0 Å². The molecule has 1 aliphatic carbocycles. The molecular formula is C24H28BrNO3. The minimum atomic E-state index is -0.126. The third-order valence-electron chi connectivity index (χ3n) is 6.04. The van der Waals surface area contributed by atoms with E-state index in [-0.39, 0.29) is 17.8 Å². The molecule has 1 amide bonds. The van der Waals surface area contributed by atoms with Gasteiger partial charge >= 0.3 is 0 Å². The number of nitrogens with zero attached hydrogens (tertiary/aromatic N) is 1. The van der Waals surface area contributed by atoms with Crippen molar-refractivity contribution in [1.82, 2.24) is 4.90 Å². The Labute approximate surface area is 181 Å². The van der Waals surface area contributed by atoms with Crippen LogP contribution in [0.2, 0.25) is 0 Å². The molecule has 0 aromatic heterocycles. The van der Waals surface area contributed by atoms with Gasteiger partial charge in [0.2, 0.25) is 0 Å². The highest BCUT2D eigenvalue weighted by Crippen LogP contribution is 2.33. The van der Waals surface area contributed by atoms with Crippen LogP contribution in [-0.2, 0) is 24.1 Å². The van der Waals surface area contributed by atoms with Crippen molar-refractivity contribution >= 4 is 21.8 Å². The molecular weight excluding hydrogens is 430 g/mol. The molecule has 1 N–H and O–H groups in total. The number of amides is 1. The van der Waals surface area contributed by atoms with Gasteiger partial charge in [-0.3, -0.25) is 4.79 Å². The lowest BCUT2D eigenvalue weighted by Crippen LogP contribution is -2.37. The molecule has 1 unspecified atom stereocenters. The van der Waals surface area contributed by atoms with Crippen LogP contribution in [0.4, 0.5) is 0 Å². The summed E-state index contributed by atoms with van der Waals surface area (Å²) in [6, 6.07) is 10.0. The molecule has 4 rings (SSSR count). The second-order valence-electron chi connectivity index (χ2n) is 8.22. The normalized spacial score (nSPS) is 18.5. The van der Waals surface area contributed by atoms with Crippen LogP contribution in [-0.4, -0.2) is 35.2 Å². The van der Waals surface area contributed by atoms with Crippen molar-refractivity contribution in [2.24, 2.45) is 0 Å². The summed E-state index contributed by atoms with van der Waals surface area (Å²) in [4.78, 5) is 15.3. The summed E-state index contributed by atoms with van der Waals surface area (Å²) < 4.78 is 6.81. The van der Waals surface area contributed by atoms with Crippen molar-refractivity contribution in [2.45, 2.75) is 58.1 Å². The SMILES string of the molecule is Cc1ccc(CN(CC2CCCO2)C(=O)c2ccc3c(c2O)CCCC3)c(Br)c1. The van der Waals surface area contributed by atoms with Gasteiger partial charge in [0.15, 0.2) is 0 Å². The maximum atomic E-state index is 13.5. The summed E-state index contributed by atoms with van der Waals surface area (Å²) in [5.41, 5.74) is 4.77. The Hall–Kier alpha value is -1.85. The molecule has 1 fully saturated rings. The van der Waals surface area contributed by atoms with Crippen molar-refractivity contribution in [1.29, 1.82) is 0 Å². The van der Waals surface area contributed by atoms with Crippen molar-refractivity contribution in [3.05, 3.63) is 62.6 Å². The molecule has 5 heteroatoms. The van der Waals surface area contributed by atoms with Gasteiger partial charge in [-0.05, 0) is 79.8 Å². The van der Waals surface area contributed by atoms with Gasteiger partial charge in [-0.25, -0.2) is 0 Å². The van der Waals surface area contributed by atoms with E-state index >= 15 is 0 Å². The highest BCUT2D eigenvalue weighted by atomic mass is 79.9. The number of ether oxygens (including phenoxy) is 1. The smallest absolute Gasteiger partial charge is 0.258 e. The highest BCUT2D eigenvalue weighted by molar-refractivity contribution is 9.10. The fourth-order valence-corrected chi connectivity index (χ4v) is 5.01. The number of halogens is 1. The third-order valence-corrected chi connectivity index (χ3v) is 6.78. The second kappa shape index (κ2) is 8.88.